The molecule has 3 fully saturated rings. The van der Waals surface area contributed by atoms with Gasteiger partial charge in [-0.2, -0.15) is 0 Å². The molecule has 0 saturated carbocycles. The maximum Gasteiger partial charge on any atom is 0.308 e. The molecule has 0 aromatic heterocycles. The molecule has 0 spiro atoms. The number of benzene rings is 1. The Labute approximate surface area is 202 Å². The number of rotatable bonds is 6. The number of esters is 1. The lowest BCUT2D eigenvalue weighted by molar-refractivity contribution is -0.149. The van der Waals surface area contributed by atoms with Gasteiger partial charge in [0.05, 0.1) is 13.0 Å². The third-order valence-corrected chi connectivity index (χ3v) is 7.93. The zero-order chi connectivity index (χ0) is 24.2. The molecule has 1 N–H and O–H groups in total. The summed E-state index contributed by atoms with van der Waals surface area (Å²) in [6, 6.07) is 8.65. The van der Waals surface area contributed by atoms with Gasteiger partial charge in [-0.15, -0.1) is 0 Å². The predicted molar refractivity (Wildman–Crippen MR) is 129 cm³/mol. The first-order valence-electron chi connectivity index (χ1n) is 12.5. The van der Waals surface area contributed by atoms with E-state index in [0.29, 0.717) is 45.3 Å². The number of piperidine rings is 1. The molecule has 8 heteroatoms. The van der Waals surface area contributed by atoms with Crippen LogP contribution in [-0.2, 0) is 25.7 Å². The number of fused-ring (bicyclic) bond motifs is 1. The summed E-state index contributed by atoms with van der Waals surface area (Å²) in [6.07, 6.45) is 3.45. The van der Waals surface area contributed by atoms with Crippen molar-refractivity contribution in [3.05, 3.63) is 35.4 Å². The number of amides is 2. The Balaban J connectivity index is 1.31. The molecule has 0 radical (unpaired) electrons. The smallest absolute Gasteiger partial charge is 0.308 e. The van der Waals surface area contributed by atoms with E-state index >= 15 is 0 Å². The van der Waals surface area contributed by atoms with Crippen molar-refractivity contribution >= 4 is 17.8 Å². The average molecular weight is 471 g/mol. The van der Waals surface area contributed by atoms with Gasteiger partial charge in [0.1, 0.15) is 6.04 Å². The van der Waals surface area contributed by atoms with Crippen LogP contribution in [0, 0.1) is 12.8 Å². The van der Waals surface area contributed by atoms with E-state index in [4.69, 9.17) is 4.74 Å². The number of ether oxygens (including phenoxy) is 1. The maximum absolute atomic E-state index is 13.0. The van der Waals surface area contributed by atoms with E-state index in [2.05, 4.69) is 53.4 Å². The van der Waals surface area contributed by atoms with Gasteiger partial charge in [-0.05, 0) is 45.2 Å². The van der Waals surface area contributed by atoms with E-state index in [9.17, 15) is 14.4 Å². The third kappa shape index (κ3) is 5.44. The van der Waals surface area contributed by atoms with Crippen molar-refractivity contribution in [1.82, 2.24) is 20.0 Å². The second-order valence-corrected chi connectivity index (χ2v) is 10.0. The van der Waals surface area contributed by atoms with Gasteiger partial charge >= 0.3 is 5.97 Å². The highest BCUT2D eigenvalue weighted by Crippen LogP contribution is 2.29. The van der Waals surface area contributed by atoms with E-state index in [1.165, 1.54) is 18.2 Å². The molecule has 0 bridgehead atoms. The molecule has 3 heterocycles. The summed E-state index contributed by atoms with van der Waals surface area (Å²) >= 11 is 0. The van der Waals surface area contributed by atoms with E-state index in [1.54, 1.807) is 0 Å². The molecule has 2 amide bonds. The van der Waals surface area contributed by atoms with Crippen LogP contribution in [0.15, 0.2) is 24.3 Å². The highest BCUT2D eigenvalue weighted by molar-refractivity contribution is 5.83. The van der Waals surface area contributed by atoms with Crippen LogP contribution in [0.3, 0.4) is 0 Å². The lowest BCUT2D eigenvalue weighted by atomic mass is 9.96. The Morgan fingerprint density at radius 1 is 1.09 bits per heavy atom. The van der Waals surface area contributed by atoms with Crippen molar-refractivity contribution in [2.45, 2.75) is 63.7 Å². The van der Waals surface area contributed by atoms with Crippen molar-refractivity contribution in [3.8, 4) is 0 Å². The summed E-state index contributed by atoms with van der Waals surface area (Å²) in [7, 11) is 3.52. The number of nitrogens with one attached hydrogen (secondary N) is 1. The predicted octanol–water partition coefficient (Wildman–Crippen LogP) is 1.56. The van der Waals surface area contributed by atoms with Gasteiger partial charge in [0.15, 0.2) is 0 Å². The normalized spacial score (nSPS) is 26.6. The fraction of sp³-hybridized carbons (Fsp3) is 0.654. The molecule has 34 heavy (non-hydrogen) atoms. The van der Waals surface area contributed by atoms with Gasteiger partial charge < -0.3 is 15.0 Å². The summed E-state index contributed by atoms with van der Waals surface area (Å²) < 4.78 is 4.84. The first-order chi connectivity index (χ1) is 16.4. The minimum absolute atomic E-state index is 0.0974. The van der Waals surface area contributed by atoms with Crippen LogP contribution in [0.2, 0.25) is 0 Å². The molecule has 1 aromatic rings. The maximum atomic E-state index is 13.0. The Morgan fingerprint density at radius 2 is 1.79 bits per heavy atom. The second-order valence-electron chi connectivity index (χ2n) is 10.0. The average Bonchev–Trinajstić information content (AvgIpc) is 3.23. The number of hydrogen-bond donors (Lipinski definition) is 1. The van der Waals surface area contributed by atoms with Crippen LogP contribution < -0.4 is 5.32 Å². The molecule has 1 aromatic carbocycles. The topological polar surface area (TPSA) is 82.2 Å². The Morgan fingerprint density at radius 3 is 2.47 bits per heavy atom. The number of carbonyl (C=O) groups excluding carboxylic acids is 3. The fourth-order valence-electron chi connectivity index (χ4n) is 5.73. The molecule has 0 aliphatic carbocycles. The van der Waals surface area contributed by atoms with Gasteiger partial charge in [-0.1, -0.05) is 29.8 Å². The molecule has 3 aliphatic rings. The number of nitrogens with zero attached hydrogens (tertiary/aromatic N) is 3. The molecule has 4 rings (SSSR count). The second kappa shape index (κ2) is 10.9. The van der Waals surface area contributed by atoms with Crippen LogP contribution in [0.4, 0.5) is 0 Å². The van der Waals surface area contributed by atoms with Gasteiger partial charge in [0.2, 0.25) is 11.8 Å². The van der Waals surface area contributed by atoms with Gasteiger partial charge in [-0.25, -0.2) is 0 Å². The van der Waals surface area contributed by atoms with Gasteiger partial charge in [0.25, 0.3) is 0 Å². The Kier molecular flexibility index (Phi) is 7.88. The van der Waals surface area contributed by atoms with E-state index in [0.717, 1.165) is 19.5 Å². The largest absolute Gasteiger partial charge is 0.469 e. The quantitative estimate of drug-likeness (QED) is 0.636. The van der Waals surface area contributed by atoms with Gasteiger partial charge in [0, 0.05) is 51.2 Å². The molecule has 8 nitrogen and oxygen atoms in total. The zero-order valence-corrected chi connectivity index (χ0v) is 20.7. The van der Waals surface area contributed by atoms with Gasteiger partial charge in [-0.3, -0.25) is 24.2 Å². The molecule has 3 saturated heterocycles. The highest BCUT2D eigenvalue weighted by atomic mass is 16.5. The molecular weight excluding hydrogens is 432 g/mol. The number of methoxy groups -OCH3 is 1. The van der Waals surface area contributed by atoms with Crippen molar-refractivity contribution in [2.75, 3.05) is 40.3 Å². The van der Waals surface area contributed by atoms with Crippen molar-refractivity contribution in [3.63, 3.8) is 0 Å². The summed E-state index contributed by atoms with van der Waals surface area (Å²) in [5.41, 5.74) is 2.46. The number of likely N-dealkylation sites (N-methyl/N-ethyl adjacent to an activating group) is 1. The highest BCUT2D eigenvalue weighted by Gasteiger charge is 2.45. The molecule has 3 aliphatic heterocycles. The van der Waals surface area contributed by atoms with E-state index in [1.807, 2.05) is 4.90 Å². The first kappa shape index (κ1) is 24.7. The lowest BCUT2D eigenvalue weighted by Gasteiger charge is -2.34. The molecule has 186 valence electrons. The van der Waals surface area contributed by atoms with Crippen LogP contribution in [0.1, 0.15) is 43.2 Å². The van der Waals surface area contributed by atoms with Crippen LogP contribution in [-0.4, -0.2) is 90.9 Å². The van der Waals surface area contributed by atoms with Crippen molar-refractivity contribution in [2.24, 2.45) is 5.92 Å². The van der Waals surface area contributed by atoms with E-state index in [-0.39, 0.29) is 41.8 Å². The van der Waals surface area contributed by atoms with Crippen molar-refractivity contribution in [1.29, 1.82) is 0 Å². The minimum Gasteiger partial charge on any atom is -0.469 e. The van der Waals surface area contributed by atoms with Crippen molar-refractivity contribution < 1.29 is 19.1 Å². The molecule has 0 unspecified atom stereocenters. The minimum atomic E-state index is -0.175. The van der Waals surface area contributed by atoms with Crippen LogP contribution >= 0.6 is 0 Å². The number of aryl methyl sites for hydroxylation is 1. The van der Waals surface area contributed by atoms with E-state index < -0.39 is 0 Å². The summed E-state index contributed by atoms with van der Waals surface area (Å²) in [6.45, 7) is 5.52. The van der Waals surface area contributed by atoms with Crippen LogP contribution in [0.5, 0.6) is 0 Å². The molecular formula is C26H38N4O4. The first-order valence-corrected chi connectivity index (χ1v) is 12.5. The third-order valence-electron chi connectivity index (χ3n) is 7.93. The summed E-state index contributed by atoms with van der Waals surface area (Å²) in [4.78, 5) is 44.1. The lowest BCUT2D eigenvalue weighted by Crippen LogP contribution is -2.49. The standard InChI is InChI=1S/C26H38N4O4/c1-18-4-6-19(7-5-18)17-30-15-12-22-24(30)25(32)27-16-21(28(22)2)8-9-23(31)29-13-10-20(11-14-29)26(33)34-3/h4-7,20-22,24H,8-17H2,1-3H3,(H,27,32)/t21-,22+,24-/m0/s1. The fourth-order valence-corrected chi connectivity index (χ4v) is 5.73. The number of hydrogen-bond acceptors (Lipinski definition) is 6. The van der Waals surface area contributed by atoms with Crippen LogP contribution in [0.25, 0.3) is 0 Å². The number of likely N-dealkylation sites (tertiary alicyclic amines) is 2. The monoisotopic (exact) mass is 470 g/mol. The Bertz CT molecular complexity index is 881. The molecule has 3 atom stereocenters. The summed E-state index contributed by atoms with van der Waals surface area (Å²) in [5.74, 6) is -0.0405. The summed E-state index contributed by atoms with van der Waals surface area (Å²) in [5, 5.41) is 3.15. The zero-order valence-electron chi connectivity index (χ0n) is 20.7. The Hall–Kier alpha value is -2.45. The number of carbonyl (C=O) groups is 3. The SMILES string of the molecule is COC(=O)C1CCN(C(=O)CC[C@H]2CNC(=O)[C@@H]3[C@@H](CCN3Cc3ccc(C)cc3)N2C)CC1.